The summed E-state index contributed by atoms with van der Waals surface area (Å²) in [7, 11) is 0. The highest BCUT2D eigenvalue weighted by Gasteiger charge is 2.15. The largest absolute Gasteiger partial charge is 0.472 e. The van der Waals surface area contributed by atoms with Gasteiger partial charge in [0.15, 0.2) is 0 Å². The fourth-order valence-electron chi connectivity index (χ4n) is 2.51. The summed E-state index contributed by atoms with van der Waals surface area (Å²) in [4.78, 5) is 25.2. The molecule has 3 rings (SSSR count). The predicted octanol–water partition coefficient (Wildman–Crippen LogP) is 2.54. The molecule has 0 saturated heterocycles. The molecule has 0 aliphatic heterocycles. The second kappa shape index (κ2) is 6.89. The highest BCUT2D eigenvalue weighted by molar-refractivity contribution is 5.93. The molecule has 124 valence electrons. The van der Waals surface area contributed by atoms with Gasteiger partial charge >= 0.3 is 0 Å². The maximum absolute atomic E-state index is 12.8. The summed E-state index contributed by atoms with van der Waals surface area (Å²) in [6, 6.07) is 13.7. The Morgan fingerprint density at radius 3 is 2.84 bits per heavy atom. The topological polar surface area (TPSA) is 88.0 Å². The minimum atomic E-state index is -0.462. The van der Waals surface area contributed by atoms with Crippen LogP contribution in [0.1, 0.15) is 27.2 Å². The van der Waals surface area contributed by atoms with E-state index in [4.69, 9.17) is 9.68 Å². The minimum Gasteiger partial charge on any atom is -0.472 e. The van der Waals surface area contributed by atoms with Crippen LogP contribution in [-0.2, 0) is 6.54 Å². The quantitative estimate of drug-likeness (QED) is 0.795. The van der Waals surface area contributed by atoms with E-state index in [9.17, 15) is 9.59 Å². The second-order valence-corrected chi connectivity index (χ2v) is 5.51. The average Bonchev–Trinajstić information content (AvgIpc) is 3.13. The van der Waals surface area contributed by atoms with Gasteiger partial charge in [-0.15, -0.1) is 0 Å². The van der Waals surface area contributed by atoms with E-state index in [2.05, 4.69) is 5.32 Å². The Morgan fingerprint density at radius 2 is 2.12 bits per heavy atom. The molecular weight excluding hydrogens is 318 g/mol. The van der Waals surface area contributed by atoms with Gasteiger partial charge in [-0.25, -0.2) is 0 Å². The summed E-state index contributed by atoms with van der Waals surface area (Å²) in [5.74, 6) is -0.462. The van der Waals surface area contributed by atoms with Crippen molar-refractivity contribution in [2.45, 2.75) is 13.5 Å². The lowest BCUT2D eigenvalue weighted by atomic mass is 10.1. The average molecular weight is 333 g/mol. The molecular formula is C19H15N3O3. The third-order valence-electron chi connectivity index (χ3n) is 3.79. The van der Waals surface area contributed by atoms with Crippen molar-refractivity contribution in [2.24, 2.45) is 0 Å². The number of nitriles is 1. The summed E-state index contributed by atoms with van der Waals surface area (Å²) < 4.78 is 6.37. The molecule has 1 aromatic carbocycles. The molecule has 1 N–H and O–H groups in total. The lowest BCUT2D eigenvalue weighted by Gasteiger charge is -2.12. The first-order chi connectivity index (χ1) is 12.1. The first-order valence-electron chi connectivity index (χ1n) is 7.62. The van der Waals surface area contributed by atoms with Crippen molar-refractivity contribution in [1.29, 1.82) is 5.26 Å². The Morgan fingerprint density at radius 1 is 1.28 bits per heavy atom. The number of aromatic nitrogens is 1. The summed E-state index contributed by atoms with van der Waals surface area (Å²) in [5.41, 5.74) is 2.08. The van der Waals surface area contributed by atoms with Crippen LogP contribution in [0.15, 0.2) is 64.2 Å². The van der Waals surface area contributed by atoms with Crippen molar-refractivity contribution in [3.8, 4) is 11.8 Å². The Kier molecular flexibility index (Phi) is 4.48. The van der Waals surface area contributed by atoms with Crippen molar-refractivity contribution < 1.29 is 9.21 Å². The molecule has 2 heterocycles. The van der Waals surface area contributed by atoms with Gasteiger partial charge < -0.3 is 9.73 Å². The van der Waals surface area contributed by atoms with Gasteiger partial charge in [0, 0.05) is 17.8 Å². The Hall–Kier alpha value is -3.59. The van der Waals surface area contributed by atoms with Crippen LogP contribution in [0.3, 0.4) is 0 Å². The number of benzene rings is 1. The zero-order chi connectivity index (χ0) is 17.8. The Bertz CT molecular complexity index is 1010. The number of furan rings is 1. The van der Waals surface area contributed by atoms with E-state index in [0.29, 0.717) is 16.9 Å². The van der Waals surface area contributed by atoms with Crippen LogP contribution < -0.4 is 10.9 Å². The third-order valence-corrected chi connectivity index (χ3v) is 3.79. The summed E-state index contributed by atoms with van der Waals surface area (Å²) in [5, 5.41) is 11.7. The number of carbonyl (C=O) groups is 1. The van der Waals surface area contributed by atoms with Crippen LogP contribution in [0.5, 0.6) is 0 Å². The number of hydrogen-bond donors (Lipinski definition) is 1. The van der Waals surface area contributed by atoms with Gasteiger partial charge in [0.2, 0.25) is 0 Å². The molecule has 6 heteroatoms. The fourth-order valence-corrected chi connectivity index (χ4v) is 2.51. The number of nitrogens with one attached hydrogen (secondary N) is 1. The number of amides is 1. The van der Waals surface area contributed by atoms with Crippen LogP contribution >= 0.6 is 0 Å². The van der Waals surface area contributed by atoms with E-state index in [1.165, 1.54) is 23.2 Å². The van der Waals surface area contributed by atoms with Gasteiger partial charge in [-0.2, -0.15) is 5.26 Å². The van der Waals surface area contributed by atoms with Crippen molar-refractivity contribution >= 4 is 5.91 Å². The summed E-state index contributed by atoms with van der Waals surface area (Å²) in [6.45, 7) is 2.04. The zero-order valence-corrected chi connectivity index (χ0v) is 13.5. The second-order valence-electron chi connectivity index (χ2n) is 5.51. The van der Waals surface area contributed by atoms with Crippen molar-refractivity contribution in [3.05, 3.63) is 87.7 Å². The molecule has 0 atom stereocenters. The molecule has 25 heavy (non-hydrogen) atoms. The zero-order valence-electron chi connectivity index (χ0n) is 13.5. The summed E-state index contributed by atoms with van der Waals surface area (Å²) >= 11 is 0. The number of aryl methyl sites for hydroxylation is 1. The van der Waals surface area contributed by atoms with Crippen molar-refractivity contribution in [3.63, 3.8) is 0 Å². The van der Waals surface area contributed by atoms with E-state index in [1.807, 2.05) is 6.07 Å². The van der Waals surface area contributed by atoms with Gasteiger partial charge in [-0.3, -0.25) is 14.2 Å². The lowest BCUT2D eigenvalue weighted by molar-refractivity contribution is 0.0949. The van der Waals surface area contributed by atoms with Crippen LogP contribution in [0.2, 0.25) is 0 Å². The Balaban J connectivity index is 1.95. The monoisotopic (exact) mass is 333 g/mol. The molecule has 0 aliphatic rings. The first-order valence-corrected chi connectivity index (χ1v) is 7.62. The SMILES string of the molecule is Cc1ccc(C(=O)NCc2ccoc2)c(=O)n1-c1cccc(C#N)c1. The normalized spacial score (nSPS) is 10.2. The van der Waals surface area contributed by atoms with E-state index < -0.39 is 11.5 Å². The lowest BCUT2D eigenvalue weighted by Crippen LogP contribution is -2.32. The molecule has 2 aromatic heterocycles. The molecule has 6 nitrogen and oxygen atoms in total. The van der Waals surface area contributed by atoms with Crippen molar-refractivity contribution in [2.75, 3.05) is 0 Å². The van der Waals surface area contributed by atoms with E-state index >= 15 is 0 Å². The molecule has 0 aliphatic carbocycles. The minimum absolute atomic E-state index is 0.0384. The molecule has 1 amide bonds. The van der Waals surface area contributed by atoms with E-state index in [1.54, 1.807) is 43.3 Å². The smallest absolute Gasteiger partial charge is 0.268 e. The number of nitrogens with zero attached hydrogens (tertiary/aromatic N) is 2. The molecule has 0 unspecified atom stereocenters. The third kappa shape index (κ3) is 3.35. The van der Waals surface area contributed by atoms with Crippen LogP contribution in [-0.4, -0.2) is 10.5 Å². The highest BCUT2D eigenvalue weighted by Crippen LogP contribution is 2.11. The van der Waals surface area contributed by atoms with Crippen LogP contribution in [0.25, 0.3) is 5.69 Å². The number of rotatable bonds is 4. The van der Waals surface area contributed by atoms with Gasteiger partial charge in [-0.1, -0.05) is 6.07 Å². The number of hydrogen-bond acceptors (Lipinski definition) is 4. The Labute approximate surface area is 143 Å². The number of pyridine rings is 1. The van der Waals surface area contributed by atoms with E-state index in [-0.39, 0.29) is 12.1 Å². The standard InChI is InChI=1S/C19H15N3O3/c1-13-5-6-17(18(23)21-11-15-7-8-25-12-15)19(24)22(13)16-4-2-3-14(9-16)10-20/h2-9,12H,11H2,1H3,(H,21,23). The maximum Gasteiger partial charge on any atom is 0.268 e. The van der Waals surface area contributed by atoms with Gasteiger partial charge in [0.25, 0.3) is 11.5 Å². The van der Waals surface area contributed by atoms with Gasteiger partial charge in [0.05, 0.1) is 29.8 Å². The van der Waals surface area contributed by atoms with Crippen molar-refractivity contribution in [1.82, 2.24) is 9.88 Å². The highest BCUT2D eigenvalue weighted by atomic mass is 16.3. The molecule has 3 aromatic rings. The van der Waals surface area contributed by atoms with Gasteiger partial charge in [0.1, 0.15) is 5.56 Å². The molecule has 0 radical (unpaired) electrons. The maximum atomic E-state index is 12.8. The molecule has 0 saturated carbocycles. The molecule has 0 bridgehead atoms. The number of carbonyl (C=O) groups excluding carboxylic acids is 1. The predicted molar refractivity (Wildman–Crippen MR) is 91.4 cm³/mol. The summed E-state index contributed by atoms with van der Waals surface area (Å²) in [6.07, 6.45) is 3.05. The molecule has 0 fully saturated rings. The molecule has 0 spiro atoms. The van der Waals surface area contributed by atoms with Gasteiger partial charge in [-0.05, 0) is 43.3 Å². The first kappa shape index (κ1) is 16.3. The fraction of sp³-hybridized carbons (Fsp3) is 0.105. The van der Waals surface area contributed by atoms with Crippen LogP contribution in [0, 0.1) is 18.3 Å². The van der Waals surface area contributed by atoms with Crippen LogP contribution in [0.4, 0.5) is 0 Å². The van der Waals surface area contributed by atoms with E-state index in [0.717, 1.165) is 5.56 Å².